The molecule has 2 aromatic carbocycles. The Kier molecular flexibility index (Phi) is 8.78. The van der Waals surface area contributed by atoms with E-state index in [0.29, 0.717) is 21.6 Å². The first-order valence-corrected chi connectivity index (χ1v) is 12.9. The number of halogens is 2. The summed E-state index contributed by atoms with van der Waals surface area (Å²) in [6, 6.07) is 10.3. The molecule has 0 spiro atoms. The number of hydrogen-bond acceptors (Lipinski definition) is 5. The van der Waals surface area contributed by atoms with Gasteiger partial charge in [-0.2, -0.15) is 0 Å². The Labute approximate surface area is 217 Å². The first-order chi connectivity index (χ1) is 16.1. The van der Waals surface area contributed by atoms with Crippen LogP contribution in [0.4, 0.5) is 5.69 Å². The van der Waals surface area contributed by atoms with Gasteiger partial charge in [-0.25, -0.2) is 0 Å². The van der Waals surface area contributed by atoms with Crippen LogP contribution in [0.25, 0.3) is 0 Å². The van der Waals surface area contributed by atoms with Crippen molar-refractivity contribution >= 4 is 56.8 Å². The predicted molar refractivity (Wildman–Crippen MR) is 140 cm³/mol. The summed E-state index contributed by atoms with van der Waals surface area (Å²) in [6.45, 7) is 7.96. The van der Waals surface area contributed by atoms with Crippen molar-refractivity contribution in [2.75, 3.05) is 11.1 Å². The van der Waals surface area contributed by atoms with Gasteiger partial charge in [0.1, 0.15) is 0 Å². The number of anilines is 1. The molecule has 0 radical (unpaired) electrons. The smallest absolute Gasteiger partial charge is 0.253 e. The van der Waals surface area contributed by atoms with E-state index >= 15 is 0 Å². The second-order valence-corrected chi connectivity index (χ2v) is 10.5. The summed E-state index contributed by atoms with van der Waals surface area (Å²) in [6.07, 6.45) is 0. The van der Waals surface area contributed by atoms with E-state index in [9.17, 15) is 9.59 Å². The van der Waals surface area contributed by atoms with Crippen molar-refractivity contribution in [1.29, 1.82) is 0 Å². The van der Waals surface area contributed by atoms with Crippen molar-refractivity contribution < 1.29 is 9.59 Å². The zero-order valence-corrected chi connectivity index (χ0v) is 22.8. The van der Waals surface area contributed by atoms with Crippen LogP contribution in [-0.4, -0.2) is 32.3 Å². The molecule has 1 atom stereocenters. The molecule has 0 fully saturated rings. The lowest BCUT2D eigenvalue weighted by Gasteiger charge is -2.22. The maximum Gasteiger partial charge on any atom is 0.253 e. The van der Waals surface area contributed by atoms with Crippen LogP contribution in [-0.2, 0) is 11.8 Å². The molecule has 0 saturated heterocycles. The van der Waals surface area contributed by atoms with E-state index in [1.165, 1.54) is 11.8 Å². The number of carbonyl (C=O) groups excluding carboxylic acids is 2. The van der Waals surface area contributed by atoms with E-state index in [4.69, 9.17) is 11.6 Å². The molecule has 10 heteroatoms. The van der Waals surface area contributed by atoms with E-state index < -0.39 is 0 Å². The quantitative estimate of drug-likeness (QED) is 0.342. The normalized spacial score (nSPS) is 12.0. The van der Waals surface area contributed by atoms with Gasteiger partial charge >= 0.3 is 0 Å². The summed E-state index contributed by atoms with van der Waals surface area (Å²) in [5.41, 5.74) is 3.29. The van der Waals surface area contributed by atoms with Gasteiger partial charge in [0, 0.05) is 17.2 Å². The van der Waals surface area contributed by atoms with Crippen LogP contribution in [0.15, 0.2) is 46.0 Å². The fourth-order valence-corrected chi connectivity index (χ4v) is 4.72. The molecule has 7 nitrogen and oxygen atoms in total. The van der Waals surface area contributed by atoms with E-state index in [2.05, 4.69) is 36.8 Å². The third-order valence-corrected chi connectivity index (χ3v) is 7.75. The Balaban J connectivity index is 1.69. The molecule has 3 rings (SSSR count). The molecule has 34 heavy (non-hydrogen) atoms. The predicted octanol–water partition coefficient (Wildman–Crippen LogP) is 5.71. The molecule has 0 saturated carbocycles. The van der Waals surface area contributed by atoms with E-state index in [1.54, 1.807) is 24.3 Å². The summed E-state index contributed by atoms with van der Waals surface area (Å²) in [5.74, 6) is 0.434. The van der Waals surface area contributed by atoms with Crippen LogP contribution in [0.1, 0.15) is 47.2 Å². The standard InChI is InChI=1S/C24H27BrClN5O2S/c1-13(2)21(28-23(33)16-8-6-7-9-18(16)26)22-29-30-24(31(22)5)34-12-20(32)27-19-11-10-17(25)14(3)15(19)4/h6-11,13,21H,12H2,1-5H3,(H,27,32)(H,28,33)/t21-/m1/s1. The monoisotopic (exact) mass is 563 g/mol. The molecule has 1 aromatic heterocycles. The van der Waals surface area contributed by atoms with Gasteiger partial charge in [0.05, 0.1) is 22.4 Å². The van der Waals surface area contributed by atoms with Gasteiger partial charge in [-0.3, -0.25) is 9.59 Å². The number of rotatable bonds is 8. The Morgan fingerprint density at radius 3 is 2.50 bits per heavy atom. The van der Waals surface area contributed by atoms with Crippen LogP contribution in [0.3, 0.4) is 0 Å². The molecule has 2 N–H and O–H groups in total. The minimum atomic E-state index is -0.377. The fourth-order valence-electron chi connectivity index (χ4n) is 3.36. The molecule has 0 unspecified atom stereocenters. The Morgan fingerprint density at radius 1 is 1.12 bits per heavy atom. The highest BCUT2D eigenvalue weighted by atomic mass is 79.9. The minimum Gasteiger partial charge on any atom is -0.342 e. The Bertz CT molecular complexity index is 1210. The van der Waals surface area contributed by atoms with Gasteiger partial charge < -0.3 is 15.2 Å². The van der Waals surface area contributed by atoms with Gasteiger partial charge in [-0.1, -0.05) is 65.3 Å². The van der Waals surface area contributed by atoms with Gasteiger partial charge in [0.25, 0.3) is 5.91 Å². The van der Waals surface area contributed by atoms with Crippen LogP contribution < -0.4 is 10.6 Å². The van der Waals surface area contributed by atoms with Crippen LogP contribution in [0, 0.1) is 19.8 Å². The fraction of sp³-hybridized carbons (Fsp3) is 0.333. The second-order valence-electron chi connectivity index (χ2n) is 8.26. The van der Waals surface area contributed by atoms with Crippen molar-refractivity contribution in [1.82, 2.24) is 20.1 Å². The molecule has 0 aliphatic carbocycles. The maximum absolute atomic E-state index is 12.8. The summed E-state index contributed by atoms with van der Waals surface area (Å²) in [4.78, 5) is 25.4. The average Bonchev–Trinajstić information content (AvgIpc) is 3.16. The molecule has 180 valence electrons. The number of benzene rings is 2. The van der Waals surface area contributed by atoms with Crippen molar-refractivity contribution in [3.8, 4) is 0 Å². The second kappa shape index (κ2) is 11.4. The number of nitrogens with one attached hydrogen (secondary N) is 2. The van der Waals surface area contributed by atoms with Gasteiger partial charge in [-0.05, 0) is 55.2 Å². The highest BCUT2D eigenvalue weighted by Crippen LogP contribution is 2.27. The first kappa shape index (κ1) is 26.2. The third kappa shape index (κ3) is 6.00. The molecule has 0 aliphatic heterocycles. The van der Waals surface area contributed by atoms with Crippen molar-refractivity contribution in [3.63, 3.8) is 0 Å². The summed E-state index contributed by atoms with van der Waals surface area (Å²) in [5, 5.41) is 15.5. The van der Waals surface area contributed by atoms with Crippen LogP contribution >= 0.6 is 39.3 Å². The molecule has 0 bridgehead atoms. The van der Waals surface area contributed by atoms with Gasteiger partial charge in [0.2, 0.25) is 5.91 Å². The van der Waals surface area contributed by atoms with Crippen molar-refractivity contribution in [2.24, 2.45) is 13.0 Å². The van der Waals surface area contributed by atoms with Gasteiger partial charge in [-0.15, -0.1) is 10.2 Å². The van der Waals surface area contributed by atoms with Gasteiger partial charge in [0.15, 0.2) is 11.0 Å². The lowest BCUT2D eigenvalue weighted by molar-refractivity contribution is -0.113. The lowest BCUT2D eigenvalue weighted by atomic mass is 10.0. The Hall–Kier alpha value is -2.36. The van der Waals surface area contributed by atoms with Crippen molar-refractivity contribution in [2.45, 2.75) is 38.9 Å². The van der Waals surface area contributed by atoms with E-state index in [1.807, 2.05) is 51.4 Å². The van der Waals surface area contributed by atoms with Crippen LogP contribution in [0.5, 0.6) is 0 Å². The lowest BCUT2D eigenvalue weighted by Crippen LogP contribution is -2.33. The Morgan fingerprint density at radius 2 is 1.82 bits per heavy atom. The topological polar surface area (TPSA) is 88.9 Å². The average molecular weight is 565 g/mol. The number of amides is 2. The summed E-state index contributed by atoms with van der Waals surface area (Å²) < 4.78 is 2.81. The molecular formula is C24H27BrClN5O2S. The highest BCUT2D eigenvalue weighted by Gasteiger charge is 2.26. The summed E-state index contributed by atoms with van der Waals surface area (Å²) >= 11 is 11.0. The number of carbonyl (C=O) groups is 2. The number of thioether (sulfide) groups is 1. The van der Waals surface area contributed by atoms with E-state index in [0.717, 1.165) is 21.3 Å². The zero-order valence-electron chi connectivity index (χ0n) is 19.6. The van der Waals surface area contributed by atoms with Crippen LogP contribution in [0.2, 0.25) is 5.02 Å². The molecule has 2 amide bonds. The molecular weight excluding hydrogens is 538 g/mol. The minimum absolute atomic E-state index is 0.0547. The highest BCUT2D eigenvalue weighted by molar-refractivity contribution is 9.10. The molecule has 1 heterocycles. The zero-order chi connectivity index (χ0) is 25.0. The number of nitrogens with zero attached hydrogens (tertiary/aromatic N) is 3. The molecule has 3 aromatic rings. The third-order valence-electron chi connectivity index (χ3n) is 5.55. The SMILES string of the molecule is Cc1c(Br)ccc(NC(=O)CSc2nnc([C@H](NC(=O)c3ccccc3Cl)C(C)C)n2C)c1C. The molecule has 0 aliphatic rings. The summed E-state index contributed by atoms with van der Waals surface area (Å²) in [7, 11) is 1.83. The maximum atomic E-state index is 12.8. The number of hydrogen-bond donors (Lipinski definition) is 2. The van der Waals surface area contributed by atoms with Crippen molar-refractivity contribution in [3.05, 3.63) is 68.4 Å². The first-order valence-electron chi connectivity index (χ1n) is 10.7. The largest absolute Gasteiger partial charge is 0.342 e. The van der Waals surface area contributed by atoms with E-state index in [-0.39, 0.29) is 29.5 Å². The number of aromatic nitrogens is 3.